The third-order valence-electron chi connectivity index (χ3n) is 5.58. The zero-order valence-corrected chi connectivity index (χ0v) is 17.8. The van der Waals surface area contributed by atoms with Gasteiger partial charge < -0.3 is 30.3 Å². The van der Waals surface area contributed by atoms with Crippen molar-refractivity contribution in [3.63, 3.8) is 0 Å². The second kappa shape index (κ2) is 9.37. The fraction of sp³-hybridized carbons (Fsp3) is 0.348. The number of aryl methyl sites for hydroxylation is 1. The van der Waals surface area contributed by atoms with Crippen molar-refractivity contribution in [3.8, 4) is 0 Å². The van der Waals surface area contributed by atoms with Crippen LogP contribution in [0, 0.1) is 6.92 Å². The molecule has 168 valence electrons. The Bertz CT molecular complexity index is 992. The number of amides is 4. The maximum absolute atomic E-state index is 12.9. The van der Waals surface area contributed by atoms with Gasteiger partial charge in [0.2, 0.25) is 5.91 Å². The lowest BCUT2D eigenvalue weighted by Gasteiger charge is -2.27. The highest BCUT2D eigenvalue weighted by atomic mass is 16.5. The minimum Gasteiger partial charge on any atom is -0.391 e. The number of anilines is 3. The molecule has 2 fully saturated rings. The van der Waals surface area contributed by atoms with Crippen molar-refractivity contribution in [2.75, 3.05) is 41.8 Å². The molecular formula is C23H26N4O5. The predicted octanol–water partition coefficient (Wildman–Crippen LogP) is 1.96. The monoisotopic (exact) mass is 438 g/mol. The van der Waals surface area contributed by atoms with Crippen molar-refractivity contribution in [1.82, 2.24) is 4.90 Å². The van der Waals surface area contributed by atoms with Gasteiger partial charge in [0.05, 0.1) is 12.7 Å². The van der Waals surface area contributed by atoms with Gasteiger partial charge in [0.1, 0.15) is 12.6 Å². The lowest BCUT2D eigenvalue weighted by Crippen LogP contribution is -2.45. The minimum atomic E-state index is -0.795. The lowest BCUT2D eigenvalue weighted by atomic mass is 10.1. The van der Waals surface area contributed by atoms with Crippen molar-refractivity contribution in [3.05, 3.63) is 54.1 Å². The number of ether oxygens (including phenoxy) is 1. The zero-order valence-electron chi connectivity index (χ0n) is 17.8. The summed E-state index contributed by atoms with van der Waals surface area (Å²) in [6.45, 7) is 3.05. The second-order valence-electron chi connectivity index (χ2n) is 7.99. The Morgan fingerprint density at radius 2 is 1.69 bits per heavy atom. The van der Waals surface area contributed by atoms with Gasteiger partial charge in [0.25, 0.3) is 5.91 Å². The number of hydrogen-bond acceptors (Lipinski definition) is 5. The first-order valence-electron chi connectivity index (χ1n) is 10.5. The number of rotatable bonds is 4. The number of benzene rings is 2. The Balaban J connectivity index is 1.40. The number of carbonyl (C=O) groups is 3. The largest absolute Gasteiger partial charge is 0.391 e. The van der Waals surface area contributed by atoms with E-state index in [2.05, 4.69) is 10.6 Å². The first kappa shape index (κ1) is 21.8. The number of β-amino-alcohol motifs (C(OH)–C–C–N with tert-alkyl or cyclic N) is 1. The molecule has 4 amide bonds. The molecule has 3 N–H and O–H groups in total. The van der Waals surface area contributed by atoms with Crippen LogP contribution in [0.4, 0.5) is 21.9 Å². The molecule has 0 aromatic heterocycles. The summed E-state index contributed by atoms with van der Waals surface area (Å²) >= 11 is 0. The maximum Gasteiger partial charge on any atom is 0.322 e. The van der Waals surface area contributed by atoms with E-state index in [1.807, 2.05) is 19.1 Å². The van der Waals surface area contributed by atoms with E-state index < -0.39 is 18.2 Å². The first-order chi connectivity index (χ1) is 15.4. The van der Waals surface area contributed by atoms with Crippen molar-refractivity contribution in [2.24, 2.45) is 0 Å². The van der Waals surface area contributed by atoms with E-state index in [0.29, 0.717) is 24.5 Å². The molecule has 9 nitrogen and oxygen atoms in total. The average molecular weight is 438 g/mol. The van der Waals surface area contributed by atoms with Crippen molar-refractivity contribution in [2.45, 2.75) is 25.5 Å². The predicted molar refractivity (Wildman–Crippen MR) is 120 cm³/mol. The van der Waals surface area contributed by atoms with Crippen LogP contribution in [0.5, 0.6) is 0 Å². The standard InChI is InChI=1S/C23H26N4O5/c1-15-2-4-17(5-3-15)25-23(31)27-13-19(28)12-20(27)22(30)24-16-6-8-18(9-7-16)26-10-11-32-14-21(26)29/h2-9,19-20,28H,10-14H2,1H3,(H,24,30)(H,25,31)/t19-,20-/m0/s1. The Hall–Kier alpha value is -3.43. The van der Waals surface area contributed by atoms with E-state index in [9.17, 15) is 19.5 Å². The van der Waals surface area contributed by atoms with E-state index in [-0.39, 0.29) is 31.4 Å². The summed E-state index contributed by atoms with van der Waals surface area (Å²) in [5, 5.41) is 15.7. The highest BCUT2D eigenvalue weighted by Gasteiger charge is 2.39. The molecule has 4 rings (SSSR count). The Kier molecular flexibility index (Phi) is 6.38. The number of aliphatic hydroxyl groups is 1. The molecule has 2 aliphatic heterocycles. The normalized spacial score (nSPS) is 20.9. The van der Waals surface area contributed by atoms with Crippen molar-refractivity contribution in [1.29, 1.82) is 0 Å². The van der Waals surface area contributed by atoms with Gasteiger partial charge in [-0.25, -0.2) is 4.79 Å². The molecule has 32 heavy (non-hydrogen) atoms. The maximum atomic E-state index is 12.9. The van der Waals surface area contributed by atoms with Crippen LogP contribution in [0.25, 0.3) is 0 Å². The van der Waals surface area contributed by atoms with Crippen LogP contribution in [0.1, 0.15) is 12.0 Å². The number of urea groups is 1. The highest BCUT2D eigenvalue weighted by Crippen LogP contribution is 2.23. The smallest absolute Gasteiger partial charge is 0.322 e. The van der Waals surface area contributed by atoms with Crippen LogP contribution in [-0.4, -0.2) is 66.3 Å². The van der Waals surface area contributed by atoms with Crippen molar-refractivity contribution < 1.29 is 24.2 Å². The van der Waals surface area contributed by atoms with Crippen LogP contribution in [0.2, 0.25) is 0 Å². The molecular weight excluding hydrogens is 412 g/mol. The Labute approximate surface area is 186 Å². The summed E-state index contributed by atoms with van der Waals surface area (Å²) in [5.41, 5.74) is 2.96. The van der Waals surface area contributed by atoms with Crippen molar-refractivity contribution >= 4 is 34.9 Å². The number of hydrogen-bond donors (Lipinski definition) is 3. The quantitative estimate of drug-likeness (QED) is 0.676. The Morgan fingerprint density at radius 1 is 1.03 bits per heavy atom. The lowest BCUT2D eigenvalue weighted by molar-refractivity contribution is -0.125. The number of morpholine rings is 1. The number of aliphatic hydroxyl groups excluding tert-OH is 1. The topological polar surface area (TPSA) is 111 Å². The molecule has 2 saturated heterocycles. The van der Waals surface area contributed by atoms with Gasteiger partial charge in [-0.15, -0.1) is 0 Å². The van der Waals surface area contributed by atoms with Crippen LogP contribution in [0.15, 0.2) is 48.5 Å². The molecule has 0 spiro atoms. The summed E-state index contributed by atoms with van der Waals surface area (Å²) < 4.78 is 5.14. The highest BCUT2D eigenvalue weighted by molar-refractivity contribution is 6.00. The van der Waals surface area contributed by atoms with Gasteiger partial charge in [0, 0.05) is 36.6 Å². The minimum absolute atomic E-state index is 0.0585. The molecule has 0 aliphatic carbocycles. The molecule has 2 aliphatic rings. The summed E-state index contributed by atoms with van der Waals surface area (Å²) in [6.07, 6.45) is -0.614. The van der Waals surface area contributed by atoms with E-state index in [1.165, 1.54) is 4.90 Å². The van der Waals surface area contributed by atoms with Gasteiger partial charge in [-0.05, 0) is 43.3 Å². The molecule has 0 saturated carbocycles. The van der Waals surface area contributed by atoms with Gasteiger partial charge in [-0.2, -0.15) is 0 Å². The fourth-order valence-corrected chi connectivity index (χ4v) is 3.86. The number of likely N-dealkylation sites (tertiary alicyclic amines) is 1. The molecule has 0 bridgehead atoms. The third kappa shape index (κ3) is 4.90. The molecule has 2 heterocycles. The summed E-state index contributed by atoms with van der Waals surface area (Å²) in [5.74, 6) is -0.487. The summed E-state index contributed by atoms with van der Waals surface area (Å²) in [7, 11) is 0. The average Bonchev–Trinajstić information content (AvgIpc) is 3.18. The van der Waals surface area contributed by atoms with Crippen LogP contribution >= 0.6 is 0 Å². The van der Waals surface area contributed by atoms with E-state index in [0.717, 1.165) is 11.3 Å². The molecule has 0 radical (unpaired) electrons. The molecule has 0 unspecified atom stereocenters. The number of carbonyl (C=O) groups excluding carboxylic acids is 3. The molecule has 2 aromatic rings. The van der Waals surface area contributed by atoms with E-state index >= 15 is 0 Å². The zero-order chi connectivity index (χ0) is 22.7. The van der Waals surface area contributed by atoms with E-state index in [1.54, 1.807) is 41.3 Å². The van der Waals surface area contributed by atoms with Gasteiger partial charge >= 0.3 is 6.03 Å². The SMILES string of the molecule is Cc1ccc(NC(=O)N2C[C@@H](O)C[C@H]2C(=O)Nc2ccc(N3CCOCC3=O)cc2)cc1. The van der Waals surface area contributed by atoms with Crippen LogP contribution < -0.4 is 15.5 Å². The molecule has 9 heteroatoms. The molecule has 2 atom stereocenters. The van der Waals surface area contributed by atoms with Gasteiger partial charge in [-0.3, -0.25) is 9.59 Å². The summed E-state index contributed by atoms with van der Waals surface area (Å²) in [6, 6.07) is 13.0. The van der Waals surface area contributed by atoms with Gasteiger partial charge in [-0.1, -0.05) is 17.7 Å². The molecule has 2 aromatic carbocycles. The number of nitrogens with one attached hydrogen (secondary N) is 2. The number of nitrogens with zero attached hydrogens (tertiary/aromatic N) is 2. The first-order valence-corrected chi connectivity index (χ1v) is 10.5. The van der Waals surface area contributed by atoms with Crippen LogP contribution in [0.3, 0.4) is 0 Å². The summed E-state index contributed by atoms with van der Waals surface area (Å²) in [4.78, 5) is 40.6. The third-order valence-corrected chi connectivity index (χ3v) is 5.58. The Morgan fingerprint density at radius 3 is 2.38 bits per heavy atom. The van der Waals surface area contributed by atoms with Gasteiger partial charge in [0.15, 0.2) is 0 Å². The fourth-order valence-electron chi connectivity index (χ4n) is 3.86. The van der Waals surface area contributed by atoms with Crippen LogP contribution in [-0.2, 0) is 14.3 Å². The van der Waals surface area contributed by atoms with E-state index in [4.69, 9.17) is 4.74 Å². The second-order valence-corrected chi connectivity index (χ2v) is 7.99.